The normalized spacial score (nSPS) is 16.3. The minimum atomic E-state index is -0.633. The number of imide groups is 1. The van der Waals surface area contributed by atoms with Gasteiger partial charge in [-0.25, -0.2) is 9.69 Å². The summed E-state index contributed by atoms with van der Waals surface area (Å²) in [7, 11) is 0. The number of allylic oxidation sites excluding steroid dienone is 1. The Morgan fingerprint density at radius 3 is 2.45 bits per heavy atom. The second kappa shape index (κ2) is 14.5. The summed E-state index contributed by atoms with van der Waals surface area (Å²) in [4.78, 5) is 39.5. The number of unbranched alkanes of at least 4 members (excludes halogenated alkanes) is 3. The second-order valence-electron chi connectivity index (χ2n) is 9.04. The Morgan fingerprint density at radius 2 is 1.85 bits per heavy atom. The molecule has 0 spiro atoms. The van der Waals surface area contributed by atoms with E-state index in [1.165, 1.54) is 4.90 Å². The Kier molecular flexibility index (Phi) is 12.5. The predicted octanol–water partition coefficient (Wildman–Crippen LogP) is 6.09. The first kappa shape index (κ1) is 28.4. The summed E-state index contributed by atoms with van der Waals surface area (Å²) in [5.41, 5.74) is 0.397. The monoisotopic (exact) mass is 459 g/mol. The first-order chi connectivity index (χ1) is 15.7. The third kappa shape index (κ3) is 10.2. The highest BCUT2D eigenvalue weighted by atomic mass is 16.6. The lowest BCUT2D eigenvalue weighted by atomic mass is 9.94. The summed E-state index contributed by atoms with van der Waals surface area (Å²) >= 11 is 0. The van der Waals surface area contributed by atoms with Gasteiger partial charge in [0.1, 0.15) is 12.2 Å². The molecule has 1 aliphatic rings. The maximum Gasteiger partial charge on any atom is 0.416 e. The van der Waals surface area contributed by atoms with Gasteiger partial charge in [-0.05, 0) is 52.0 Å². The Labute approximate surface area is 199 Å². The number of nitrogens with zero attached hydrogens (tertiary/aromatic N) is 1. The average Bonchev–Trinajstić information content (AvgIpc) is 3.13. The highest BCUT2D eigenvalue weighted by Crippen LogP contribution is 2.25. The first-order valence-corrected chi connectivity index (χ1v) is 12.1. The molecule has 0 unspecified atom stereocenters. The number of hydrogen-bond donors (Lipinski definition) is 0. The molecule has 6 nitrogen and oxygen atoms in total. The second-order valence-corrected chi connectivity index (χ2v) is 9.04. The van der Waals surface area contributed by atoms with Crippen LogP contribution in [0.1, 0.15) is 78.7 Å². The Bertz CT molecular complexity index is 754. The van der Waals surface area contributed by atoms with Crippen LogP contribution in [0.3, 0.4) is 0 Å². The number of carbonyl (C=O) groups is 3. The molecular formula is C27H41NO5. The fourth-order valence-corrected chi connectivity index (χ4v) is 3.72. The molecule has 2 rings (SSSR count). The number of hydrogen-bond acceptors (Lipinski definition) is 5. The van der Waals surface area contributed by atoms with Gasteiger partial charge in [0.05, 0.1) is 12.5 Å². The van der Waals surface area contributed by atoms with Crippen LogP contribution >= 0.6 is 0 Å². The summed E-state index contributed by atoms with van der Waals surface area (Å²) in [6.45, 7) is 13.3. The van der Waals surface area contributed by atoms with Crippen molar-refractivity contribution in [2.45, 2.75) is 91.2 Å². The van der Waals surface area contributed by atoms with Gasteiger partial charge >= 0.3 is 12.1 Å². The molecule has 33 heavy (non-hydrogen) atoms. The van der Waals surface area contributed by atoms with Gasteiger partial charge < -0.3 is 9.47 Å². The summed E-state index contributed by atoms with van der Waals surface area (Å²) in [5.74, 6) is -1.38. The zero-order valence-corrected chi connectivity index (χ0v) is 21.0. The van der Waals surface area contributed by atoms with E-state index in [9.17, 15) is 14.4 Å². The van der Waals surface area contributed by atoms with Crippen molar-refractivity contribution in [1.82, 2.24) is 4.90 Å². The van der Waals surface area contributed by atoms with Gasteiger partial charge in [0.25, 0.3) is 0 Å². The van der Waals surface area contributed by atoms with Crippen molar-refractivity contribution in [3.63, 3.8) is 0 Å². The number of esters is 1. The highest BCUT2D eigenvalue weighted by molar-refractivity contribution is 5.96. The van der Waals surface area contributed by atoms with E-state index in [4.69, 9.17) is 9.47 Å². The highest BCUT2D eigenvalue weighted by Gasteiger charge is 2.41. The fraction of sp³-hybridized carbons (Fsp3) is 0.593. The smallest absolute Gasteiger partial charge is 0.416 e. The van der Waals surface area contributed by atoms with Crippen LogP contribution in [0.4, 0.5) is 4.79 Å². The molecule has 0 aliphatic carbocycles. The van der Waals surface area contributed by atoms with Gasteiger partial charge in [-0.2, -0.15) is 0 Å². The van der Waals surface area contributed by atoms with Gasteiger partial charge in [0.2, 0.25) is 5.91 Å². The van der Waals surface area contributed by atoms with E-state index in [0.717, 1.165) is 31.2 Å². The maximum absolute atomic E-state index is 13.4. The van der Waals surface area contributed by atoms with E-state index in [1.54, 1.807) is 20.8 Å². The molecule has 1 aliphatic heterocycles. The molecule has 1 aromatic rings. The van der Waals surface area contributed by atoms with Crippen molar-refractivity contribution in [3.05, 3.63) is 48.6 Å². The van der Waals surface area contributed by atoms with Crippen LogP contribution in [0.5, 0.6) is 0 Å². The third-order valence-electron chi connectivity index (χ3n) is 5.16. The van der Waals surface area contributed by atoms with Crippen LogP contribution in [-0.4, -0.2) is 41.1 Å². The topological polar surface area (TPSA) is 72.9 Å². The van der Waals surface area contributed by atoms with E-state index >= 15 is 0 Å². The number of ether oxygens (including phenoxy) is 2. The van der Waals surface area contributed by atoms with Crippen LogP contribution in [0.25, 0.3) is 0 Å². The largest absolute Gasteiger partial charge is 0.460 e. The van der Waals surface area contributed by atoms with Crippen molar-refractivity contribution in [2.75, 3.05) is 6.61 Å². The first-order valence-electron chi connectivity index (χ1n) is 12.1. The summed E-state index contributed by atoms with van der Waals surface area (Å²) in [5, 5.41) is 0. The minimum Gasteiger partial charge on any atom is -0.460 e. The lowest BCUT2D eigenvalue weighted by molar-refractivity contribution is -0.158. The maximum atomic E-state index is 13.4. The molecule has 1 heterocycles. The van der Waals surface area contributed by atoms with Crippen molar-refractivity contribution in [1.29, 1.82) is 0 Å². The number of amides is 2. The van der Waals surface area contributed by atoms with Crippen LogP contribution in [0, 0.1) is 5.92 Å². The van der Waals surface area contributed by atoms with Gasteiger partial charge in [0, 0.05) is 5.92 Å². The molecule has 1 aromatic carbocycles. The quantitative estimate of drug-likeness (QED) is 0.227. The van der Waals surface area contributed by atoms with Gasteiger partial charge in [-0.1, -0.05) is 63.1 Å². The van der Waals surface area contributed by atoms with Crippen molar-refractivity contribution in [3.8, 4) is 0 Å². The molecule has 184 valence electrons. The fourth-order valence-electron chi connectivity index (χ4n) is 3.72. The number of carbonyl (C=O) groups excluding carboxylic acids is 3. The van der Waals surface area contributed by atoms with E-state index in [0.29, 0.717) is 12.8 Å². The van der Waals surface area contributed by atoms with Crippen LogP contribution < -0.4 is 0 Å². The minimum absolute atomic E-state index is 0.0423. The van der Waals surface area contributed by atoms with E-state index in [1.807, 2.05) is 50.3 Å². The van der Waals surface area contributed by atoms with Crippen molar-refractivity contribution < 1.29 is 23.9 Å². The molecule has 0 saturated carbocycles. The van der Waals surface area contributed by atoms with Crippen LogP contribution in [0.15, 0.2) is 43.0 Å². The lowest BCUT2D eigenvalue weighted by Gasteiger charge is -2.26. The van der Waals surface area contributed by atoms with E-state index < -0.39 is 23.6 Å². The average molecular weight is 460 g/mol. The van der Waals surface area contributed by atoms with E-state index in [-0.39, 0.29) is 25.0 Å². The van der Waals surface area contributed by atoms with Gasteiger partial charge in [-0.15, -0.1) is 6.58 Å². The summed E-state index contributed by atoms with van der Waals surface area (Å²) in [6.07, 6.45) is 5.88. The molecule has 0 N–H and O–H groups in total. The molecule has 2 amide bonds. The Balaban J connectivity index is 0.00000265. The molecule has 0 radical (unpaired) electrons. The number of benzene rings is 1. The molecular weight excluding hydrogens is 418 g/mol. The van der Waals surface area contributed by atoms with Gasteiger partial charge in [0.15, 0.2) is 0 Å². The van der Waals surface area contributed by atoms with Crippen LogP contribution in [0.2, 0.25) is 0 Å². The summed E-state index contributed by atoms with van der Waals surface area (Å²) in [6, 6.07) is 9.32. The zero-order valence-electron chi connectivity index (χ0n) is 21.0. The lowest BCUT2D eigenvalue weighted by Crippen LogP contribution is -2.44. The Hall–Kier alpha value is -2.63. The van der Waals surface area contributed by atoms with Crippen LogP contribution in [-0.2, 0) is 25.5 Å². The molecule has 0 aromatic heterocycles. The molecule has 6 heteroatoms. The Morgan fingerprint density at radius 1 is 1.18 bits per heavy atom. The van der Waals surface area contributed by atoms with Gasteiger partial charge in [-0.3, -0.25) is 9.59 Å². The number of cyclic esters (lactones) is 1. The molecule has 1 fully saturated rings. The third-order valence-corrected chi connectivity index (χ3v) is 5.16. The summed E-state index contributed by atoms with van der Waals surface area (Å²) < 4.78 is 10.6. The number of rotatable bonds is 11. The predicted molar refractivity (Wildman–Crippen MR) is 131 cm³/mol. The standard InChI is InChI=1S/C25H35NO5.C2H6/c1-5-6-7-8-12-15-20(17-22(27)31-25(2,3)4)23(28)26-21(18-30-24(26)29)16-19-13-10-9-11-14-19;1-2/h5,9-11,13-14,20-21H,1,6-8,12,15-18H2,2-4H3;1-2H3/t20-,21+;/m1./s1. The molecule has 1 saturated heterocycles. The van der Waals surface area contributed by atoms with E-state index in [2.05, 4.69) is 6.58 Å². The van der Waals surface area contributed by atoms with Crippen molar-refractivity contribution >= 4 is 18.0 Å². The van der Waals surface area contributed by atoms with Crippen molar-refractivity contribution in [2.24, 2.45) is 5.92 Å². The zero-order chi connectivity index (χ0) is 24.9. The molecule has 0 bridgehead atoms. The molecule has 2 atom stereocenters. The SMILES string of the molecule is C=CCCCCC[C@H](CC(=O)OC(C)(C)C)C(=O)N1C(=O)OC[C@@H]1Cc1ccccc1.CC.